The summed E-state index contributed by atoms with van der Waals surface area (Å²) in [5.74, 6) is 2.15. The number of benzene rings is 4. The van der Waals surface area contributed by atoms with Gasteiger partial charge in [-0.1, -0.05) is 41.5 Å². The smallest absolute Gasteiger partial charge is 0.509 e. The minimum Gasteiger partial charge on any atom is -0.509 e. The molecule has 6 aromatic rings. The Bertz CT molecular complexity index is 1890. The molecule has 4 aromatic carbocycles. The van der Waals surface area contributed by atoms with E-state index in [1.807, 2.05) is 30.5 Å². The molecule has 0 unspecified atom stereocenters. The van der Waals surface area contributed by atoms with Crippen molar-refractivity contribution in [2.45, 2.75) is 33.2 Å². The second-order valence-electron chi connectivity index (χ2n) is 11.3. The standard InChI is InChI=1S/C35H30N4O.Pt/c1-24-18-19-36-34(20-24)39-30-13-6-5-12-28(30)29-17-16-27(22-33(29)39)40-26-11-9-10-25(21-26)37-23-38(35(2,3)4)32-15-8-7-14-31(32)37;/h5-20H,23H2,1-4H3;/q-2;+2. The SMILES string of the molecule is Cc1ccnc(-n2c3[c-]c(Oc4[c-]c(N5CN(C(C)(C)C)c6ccccc65)ccc4)ccc3c3ccccc32)c1.[Pt+2]. The maximum absolute atomic E-state index is 6.39. The van der Waals surface area contributed by atoms with Gasteiger partial charge in [0.25, 0.3) is 0 Å². The normalized spacial score (nSPS) is 13.0. The topological polar surface area (TPSA) is 33.5 Å². The molecule has 0 spiro atoms. The number of fused-ring (bicyclic) bond motifs is 4. The van der Waals surface area contributed by atoms with Crippen LogP contribution in [0.4, 0.5) is 17.1 Å². The van der Waals surface area contributed by atoms with E-state index in [2.05, 4.69) is 126 Å². The summed E-state index contributed by atoms with van der Waals surface area (Å²) in [6.45, 7) is 9.57. The van der Waals surface area contributed by atoms with Crippen molar-refractivity contribution in [2.75, 3.05) is 16.5 Å². The van der Waals surface area contributed by atoms with Gasteiger partial charge in [-0.25, -0.2) is 4.98 Å². The zero-order chi connectivity index (χ0) is 27.4. The number of hydrogen-bond acceptors (Lipinski definition) is 4. The van der Waals surface area contributed by atoms with Crippen molar-refractivity contribution in [2.24, 2.45) is 0 Å². The zero-order valence-electron chi connectivity index (χ0n) is 23.5. The van der Waals surface area contributed by atoms with Crippen LogP contribution in [0.5, 0.6) is 11.5 Å². The quantitative estimate of drug-likeness (QED) is 0.171. The Balaban J connectivity index is 0.00000302. The van der Waals surface area contributed by atoms with Crippen LogP contribution in [-0.2, 0) is 21.1 Å². The molecule has 2 aromatic heterocycles. The van der Waals surface area contributed by atoms with Crippen molar-refractivity contribution >= 4 is 38.9 Å². The average Bonchev–Trinajstić information content (AvgIpc) is 3.50. The average molecular weight is 718 g/mol. The first-order valence-electron chi connectivity index (χ1n) is 13.6. The van der Waals surface area contributed by atoms with Crippen LogP contribution in [0.3, 0.4) is 0 Å². The molecule has 1 aliphatic rings. The predicted octanol–water partition coefficient (Wildman–Crippen LogP) is 8.59. The van der Waals surface area contributed by atoms with Crippen molar-refractivity contribution in [3.63, 3.8) is 0 Å². The van der Waals surface area contributed by atoms with Crippen LogP contribution in [0, 0.1) is 19.1 Å². The minimum atomic E-state index is -0.00601. The summed E-state index contributed by atoms with van der Waals surface area (Å²) in [5, 5.41) is 2.27. The number of aryl methyl sites for hydroxylation is 1. The Morgan fingerprint density at radius 2 is 1.54 bits per heavy atom. The van der Waals surface area contributed by atoms with E-state index in [9.17, 15) is 0 Å². The van der Waals surface area contributed by atoms with Gasteiger partial charge in [0.2, 0.25) is 0 Å². The maximum Gasteiger partial charge on any atom is 2.00 e. The summed E-state index contributed by atoms with van der Waals surface area (Å²) in [5.41, 5.74) is 6.55. The Hall–Kier alpha value is -4.08. The van der Waals surface area contributed by atoms with Crippen LogP contribution in [0.2, 0.25) is 0 Å². The molecule has 0 atom stereocenters. The summed E-state index contributed by atoms with van der Waals surface area (Å²) < 4.78 is 8.55. The molecule has 206 valence electrons. The first-order chi connectivity index (χ1) is 19.4. The van der Waals surface area contributed by atoms with E-state index in [0.29, 0.717) is 11.5 Å². The monoisotopic (exact) mass is 717 g/mol. The number of aromatic nitrogens is 2. The van der Waals surface area contributed by atoms with E-state index in [-0.39, 0.29) is 26.6 Å². The van der Waals surface area contributed by atoms with Gasteiger partial charge in [-0.15, -0.1) is 35.7 Å². The number of para-hydroxylation sites is 3. The van der Waals surface area contributed by atoms with Gasteiger partial charge in [0.05, 0.1) is 18.0 Å². The fraction of sp³-hybridized carbons (Fsp3) is 0.171. The summed E-state index contributed by atoms with van der Waals surface area (Å²) in [6, 6.07) is 38.3. The molecular formula is C35H30N4OPt. The number of rotatable bonds is 4. The fourth-order valence-corrected chi connectivity index (χ4v) is 5.58. The van der Waals surface area contributed by atoms with Gasteiger partial charge in [-0.2, -0.15) is 12.1 Å². The van der Waals surface area contributed by atoms with Gasteiger partial charge < -0.3 is 19.1 Å². The number of nitrogens with zero attached hydrogens (tertiary/aromatic N) is 4. The summed E-state index contributed by atoms with van der Waals surface area (Å²) in [6.07, 6.45) is 1.85. The number of pyridine rings is 1. The Morgan fingerprint density at radius 3 is 2.34 bits per heavy atom. The summed E-state index contributed by atoms with van der Waals surface area (Å²) in [7, 11) is 0. The molecule has 0 aliphatic carbocycles. The third kappa shape index (κ3) is 4.79. The number of hydrogen-bond donors (Lipinski definition) is 0. The minimum absolute atomic E-state index is 0. The van der Waals surface area contributed by atoms with Gasteiger partial charge in [0, 0.05) is 28.8 Å². The largest absolute Gasteiger partial charge is 2.00 e. The van der Waals surface area contributed by atoms with E-state index < -0.39 is 0 Å². The molecule has 0 bridgehead atoms. The second-order valence-corrected chi connectivity index (χ2v) is 11.3. The molecule has 0 saturated heterocycles. The molecule has 0 fully saturated rings. The van der Waals surface area contributed by atoms with Crippen molar-refractivity contribution in [3.05, 3.63) is 115 Å². The zero-order valence-corrected chi connectivity index (χ0v) is 25.7. The molecule has 0 saturated carbocycles. The molecule has 0 radical (unpaired) electrons. The van der Waals surface area contributed by atoms with Crippen molar-refractivity contribution < 1.29 is 25.8 Å². The third-order valence-corrected chi connectivity index (χ3v) is 7.51. The molecular weight excluding hydrogens is 687 g/mol. The van der Waals surface area contributed by atoms with Crippen LogP contribution >= 0.6 is 0 Å². The van der Waals surface area contributed by atoms with Gasteiger partial charge in [0.1, 0.15) is 5.82 Å². The van der Waals surface area contributed by atoms with Crippen LogP contribution in [0.1, 0.15) is 26.3 Å². The summed E-state index contributed by atoms with van der Waals surface area (Å²) >= 11 is 0. The van der Waals surface area contributed by atoms with Crippen LogP contribution < -0.4 is 14.5 Å². The van der Waals surface area contributed by atoms with Gasteiger partial charge in [-0.05, 0) is 69.0 Å². The van der Waals surface area contributed by atoms with E-state index in [0.717, 1.165) is 45.5 Å². The van der Waals surface area contributed by atoms with Crippen LogP contribution in [0.25, 0.3) is 27.6 Å². The van der Waals surface area contributed by atoms with Crippen molar-refractivity contribution in [1.29, 1.82) is 0 Å². The number of ether oxygens (including phenoxy) is 1. The van der Waals surface area contributed by atoms with Crippen molar-refractivity contribution in [1.82, 2.24) is 9.55 Å². The van der Waals surface area contributed by atoms with E-state index in [1.54, 1.807) is 0 Å². The van der Waals surface area contributed by atoms with Crippen LogP contribution in [-0.4, -0.2) is 21.8 Å². The molecule has 7 rings (SSSR count). The first kappa shape index (κ1) is 27.1. The summed E-state index contributed by atoms with van der Waals surface area (Å²) in [4.78, 5) is 9.39. The number of anilines is 3. The van der Waals surface area contributed by atoms with E-state index in [1.165, 1.54) is 11.4 Å². The third-order valence-electron chi connectivity index (χ3n) is 7.51. The molecule has 0 N–H and O–H groups in total. The molecule has 41 heavy (non-hydrogen) atoms. The fourth-order valence-electron chi connectivity index (χ4n) is 5.58. The molecule has 5 nitrogen and oxygen atoms in total. The van der Waals surface area contributed by atoms with Crippen molar-refractivity contribution in [3.8, 4) is 17.3 Å². The van der Waals surface area contributed by atoms with E-state index >= 15 is 0 Å². The first-order valence-corrected chi connectivity index (χ1v) is 13.6. The molecule has 0 amide bonds. The predicted molar refractivity (Wildman–Crippen MR) is 163 cm³/mol. The molecule has 6 heteroatoms. The molecule has 3 heterocycles. The van der Waals surface area contributed by atoms with Gasteiger partial charge >= 0.3 is 21.1 Å². The van der Waals surface area contributed by atoms with E-state index in [4.69, 9.17) is 4.74 Å². The Kier molecular flexibility index (Phi) is 6.87. The van der Waals surface area contributed by atoms with Gasteiger partial charge in [0.15, 0.2) is 0 Å². The van der Waals surface area contributed by atoms with Crippen LogP contribution in [0.15, 0.2) is 97.2 Å². The Labute approximate surface area is 255 Å². The Morgan fingerprint density at radius 1 is 0.780 bits per heavy atom. The molecule has 1 aliphatic heterocycles. The second kappa shape index (κ2) is 10.4. The maximum atomic E-state index is 6.39. The van der Waals surface area contributed by atoms with Gasteiger partial charge in [-0.3, -0.25) is 0 Å².